The van der Waals surface area contributed by atoms with Crippen LogP contribution in [0.4, 0.5) is 0 Å². The van der Waals surface area contributed by atoms with E-state index in [2.05, 4.69) is 130 Å². The first-order valence-corrected chi connectivity index (χ1v) is 33.9. The van der Waals surface area contributed by atoms with Gasteiger partial charge in [-0.25, -0.2) is 0 Å². The molecule has 0 saturated carbocycles. The fourth-order valence-corrected chi connectivity index (χ4v) is 9.41. The molecule has 0 spiro atoms. The predicted molar refractivity (Wildman–Crippen MR) is 348 cm³/mol. The number of unbranched alkanes of at least 4 members (excludes halogenated alkanes) is 32. The first kappa shape index (κ1) is 76.1. The molecule has 1 atom stereocenters. The summed E-state index contributed by atoms with van der Waals surface area (Å²) in [6, 6.07) is 0. The van der Waals surface area contributed by atoms with Gasteiger partial charge in [-0.2, -0.15) is 0 Å². The number of hydrogen-bond donors (Lipinski definition) is 0. The van der Waals surface area contributed by atoms with Gasteiger partial charge in [-0.1, -0.05) is 284 Å². The van der Waals surface area contributed by atoms with Crippen molar-refractivity contribution >= 4 is 17.9 Å². The van der Waals surface area contributed by atoms with Crippen LogP contribution in [0.3, 0.4) is 0 Å². The van der Waals surface area contributed by atoms with Crippen molar-refractivity contribution in [3.05, 3.63) is 109 Å². The second-order valence-electron chi connectivity index (χ2n) is 22.3. The van der Waals surface area contributed by atoms with Gasteiger partial charge in [0.15, 0.2) is 6.10 Å². The highest BCUT2D eigenvalue weighted by Gasteiger charge is 2.19. The summed E-state index contributed by atoms with van der Waals surface area (Å²) in [4.78, 5) is 38.4. The summed E-state index contributed by atoms with van der Waals surface area (Å²) in [5.74, 6) is -0.915. The Morgan fingerprint density at radius 3 is 0.787 bits per heavy atom. The molecule has 0 aliphatic heterocycles. The van der Waals surface area contributed by atoms with Gasteiger partial charge in [0, 0.05) is 19.3 Å². The van der Waals surface area contributed by atoms with Crippen molar-refractivity contribution in [3.63, 3.8) is 0 Å². The third-order valence-corrected chi connectivity index (χ3v) is 14.5. The number of esters is 3. The lowest BCUT2D eigenvalue weighted by molar-refractivity contribution is -0.167. The molecule has 0 aliphatic carbocycles. The summed E-state index contributed by atoms with van der Waals surface area (Å²) in [6.07, 6.45) is 92.3. The lowest BCUT2D eigenvalue weighted by Crippen LogP contribution is -2.30. The molecule has 0 N–H and O–H groups in total. The van der Waals surface area contributed by atoms with Gasteiger partial charge in [0.05, 0.1) is 0 Å². The van der Waals surface area contributed by atoms with E-state index < -0.39 is 6.10 Å². The maximum absolute atomic E-state index is 13.0. The molecule has 0 saturated heterocycles. The highest BCUT2D eigenvalue weighted by Crippen LogP contribution is 2.16. The summed E-state index contributed by atoms with van der Waals surface area (Å²) in [6.45, 7) is 6.51. The summed E-state index contributed by atoms with van der Waals surface area (Å²) in [5.41, 5.74) is 0. The molecule has 0 bridgehead atoms. The Hall–Kier alpha value is -3.93. The molecule has 0 rings (SSSR count). The van der Waals surface area contributed by atoms with Crippen LogP contribution in [0.25, 0.3) is 0 Å². The maximum atomic E-state index is 13.0. The predicted octanol–water partition coefficient (Wildman–Crippen LogP) is 23.4. The van der Waals surface area contributed by atoms with Gasteiger partial charge in [0.1, 0.15) is 13.2 Å². The quantitative estimate of drug-likeness (QED) is 0.0261. The van der Waals surface area contributed by atoms with Gasteiger partial charge in [-0.3, -0.25) is 14.4 Å². The van der Waals surface area contributed by atoms with E-state index >= 15 is 0 Å². The largest absolute Gasteiger partial charge is 0.462 e. The van der Waals surface area contributed by atoms with Crippen molar-refractivity contribution in [3.8, 4) is 0 Å². The molecule has 0 aromatic rings. The van der Waals surface area contributed by atoms with E-state index in [4.69, 9.17) is 14.2 Å². The molecule has 0 aromatic carbocycles. The number of hydrogen-bond acceptors (Lipinski definition) is 6. The smallest absolute Gasteiger partial charge is 0.306 e. The molecule has 0 aliphatic rings. The van der Waals surface area contributed by atoms with E-state index in [1.54, 1.807) is 0 Å². The van der Waals surface area contributed by atoms with Crippen LogP contribution in [0.2, 0.25) is 0 Å². The third-order valence-electron chi connectivity index (χ3n) is 14.5. The molecule has 0 radical (unpaired) electrons. The molecule has 6 heteroatoms. The minimum Gasteiger partial charge on any atom is -0.462 e. The van der Waals surface area contributed by atoms with Gasteiger partial charge in [0.2, 0.25) is 0 Å². The van der Waals surface area contributed by atoms with Crippen LogP contribution in [0, 0.1) is 0 Å². The first-order valence-electron chi connectivity index (χ1n) is 33.9. The molecule has 0 fully saturated rings. The molecule has 1 unspecified atom stereocenters. The van der Waals surface area contributed by atoms with Gasteiger partial charge in [0.25, 0.3) is 0 Å². The van der Waals surface area contributed by atoms with Crippen molar-refractivity contribution in [2.24, 2.45) is 0 Å². The molecular weight excluding hydrogens is 985 g/mol. The van der Waals surface area contributed by atoms with Crippen molar-refractivity contribution in [2.45, 2.75) is 329 Å². The van der Waals surface area contributed by atoms with E-state index in [1.807, 2.05) is 0 Å². The molecule has 6 nitrogen and oxygen atoms in total. The number of ether oxygens (including phenoxy) is 3. The van der Waals surface area contributed by atoms with E-state index in [1.165, 1.54) is 161 Å². The molecular formula is C74H126O6. The zero-order valence-corrected chi connectivity index (χ0v) is 52.6. The Morgan fingerprint density at radius 1 is 0.263 bits per heavy atom. The normalized spacial score (nSPS) is 12.8. The van der Waals surface area contributed by atoms with Crippen LogP contribution in [0.1, 0.15) is 323 Å². The van der Waals surface area contributed by atoms with Gasteiger partial charge >= 0.3 is 17.9 Å². The Kier molecular flexibility index (Phi) is 64.3. The SMILES string of the molecule is CC/C=C\C/C=C\C/C=C\C/C=C\C/C=C\C/C=C\CCCCCCC(=O)OCC(COC(=O)CCCCCCCCC/C=C\C/C=C\CCCCCC)OC(=O)CCCCCCCCCCC/C=C\CCCCCCCCCC. The molecule has 0 heterocycles. The number of carbonyl (C=O) groups excluding carboxylic acids is 3. The highest BCUT2D eigenvalue weighted by molar-refractivity contribution is 5.71. The Balaban J connectivity index is 4.45. The molecule has 80 heavy (non-hydrogen) atoms. The average Bonchev–Trinajstić information content (AvgIpc) is 3.46. The number of rotatable bonds is 61. The van der Waals surface area contributed by atoms with E-state index in [0.29, 0.717) is 19.3 Å². The summed E-state index contributed by atoms with van der Waals surface area (Å²) in [5, 5.41) is 0. The second-order valence-corrected chi connectivity index (χ2v) is 22.3. The number of carbonyl (C=O) groups is 3. The zero-order chi connectivity index (χ0) is 57.8. The first-order chi connectivity index (χ1) is 39.5. The van der Waals surface area contributed by atoms with Crippen molar-refractivity contribution in [1.82, 2.24) is 0 Å². The average molecular weight is 1110 g/mol. The van der Waals surface area contributed by atoms with Crippen LogP contribution < -0.4 is 0 Å². The Bertz CT molecular complexity index is 1610. The van der Waals surface area contributed by atoms with Crippen LogP contribution >= 0.6 is 0 Å². The van der Waals surface area contributed by atoms with Crippen LogP contribution in [-0.4, -0.2) is 37.2 Å². The second kappa shape index (κ2) is 67.6. The Morgan fingerprint density at radius 2 is 0.487 bits per heavy atom. The van der Waals surface area contributed by atoms with Crippen LogP contribution in [0.15, 0.2) is 109 Å². The minimum absolute atomic E-state index is 0.0914. The van der Waals surface area contributed by atoms with Crippen molar-refractivity contribution < 1.29 is 28.6 Å². The molecule has 458 valence electrons. The van der Waals surface area contributed by atoms with Crippen LogP contribution in [-0.2, 0) is 28.6 Å². The van der Waals surface area contributed by atoms with E-state index in [9.17, 15) is 14.4 Å². The van der Waals surface area contributed by atoms with Crippen molar-refractivity contribution in [1.29, 1.82) is 0 Å². The molecule has 0 aromatic heterocycles. The fourth-order valence-electron chi connectivity index (χ4n) is 9.41. The summed E-state index contributed by atoms with van der Waals surface area (Å²) < 4.78 is 17.0. The summed E-state index contributed by atoms with van der Waals surface area (Å²) >= 11 is 0. The minimum atomic E-state index is -0.797. The van der Waals surface area contributed by atoms with Gasteiger partial charge in [-0.15, -0.1) is 0 Å². The van der Waals surface area contributed by atoms with E-state index in [-0.39, 0.29) is 31.1 Å². The topological polar surface area (TPSA) is 78.9 Å². The lowest BCUT2D eigenvalue weighted by Gasteiger charge is -2.18. The highest BCUT2D eigenvalue weighted by atomic mass is 16.6. The van der Waals surface area contributed by atoms with E-state index in [0.717, 1.165) is 122 Å². The fraction of sp³-hybridized carbons (Fsp3) is 0.716. The van der Waals surface area contributed by atoms with Crippen molar-refractivity contribution in [2.75, 3.05) is 13.2 Å². The molecule has 0 amide bonds. The third kappa shape index (κ3) is 64.9. The summed E-state index contributed by atoms with van der Waals surface area (Å²) in [7, 11) is 0. The van der Waals surface area contributed by atoms with Gasteiger partial charge < -0.3 is 14.2 Å². The standard InChI is InChI=1S/C74H126O6/c1-4-7-10-13-16-19-22-25-28-31-34-36-37-39-40-43-46-49-52-55-58-61-64-67-73(76)79-70-71(69-78-72(75)66-63-60-57-54-51-48-45-42-33-30-27-24-21-18-15-12-9-6-3)80-74(77)68-65-62-59-56-53-50-47-44-41-38-35-32-29-26-23-20-17-14-11-8-5-2/h7,10,16,19,21,24-25,28,30,32-36,39-40,46,49,71H,4-6,8-9,11-15,17-18,20,22-23,26-27,29,31,37-38,41-45,47-48,50-70H2,1-3H3/b10-7-,19-16-,24-21-,28-25-,33-30-,35-32-,36-34-,40-39-,49-46-. The lowest BCUT2D eigenvalue weighted by atomic mass is 10.1. The zero-order valence-electron chi connectivity index (χ0n) is 52.6. The number of allylic oxidation sites excluding steroid dienone is 18. The monoisotopic (exact) mass is 1110 g/mol. The maximum Gasteiger partial charge on any atom is 0.306 e. The Labute approximate surface area is 495 Å². The van der Waals surface area contributed by atoms with Crippen LogP contribution in [0.5, 0.6) is 0 Å². The van der Waals surface area contributed by atoms with Gasteiger partial charge in [-0.05, 0) is 128 Å².